The highest BCUT2D eigenvalue weighted by atomic mass is 32.1. The molecule has 0 unspecified atom stereocenters. The minimum absolute atomic E-state index is 0.196. The van der Waals surface area contributed by atoms with E-state index in [-0.39, 0.29) is 5.41 Å². The number of hydrogen-bond acceptors (Lipinski definition) is 3. The van der Waals surface area contributed by atoms with Gasteiger partial charge < -0.3 is 5.32 Å². The maximum atomic E-state index is 8.59. The average Bonchev–Trinajstić information content (AvgIpc) is 2.77. The van der Waals surface area contributed by atoms with Crippen LogP contribution in [0.15, 0.2) is 17.5 Å². The first kappa shape index (κ1) is 13.2. The summed E-state index contributed by atoms with van der Waals surface area (Å²) in [6, 6.07) is 6.86. The molecule has 1 rings (SSSR count). The molecule has 1 atom stereocenters. The smallest absolute Gasteiger partial charge is 0.0621 e. The zero-order valence-corrected chi connectivity index (χ0v) is 11.1. The molecule has 1 heterocycles. The predicted octanol–water partition coefficient (Wildman–Crippen LogP) is 3.73. The van der Waals surface area contributed by atoms with E-state index < -0.39 is 0 Å². The SMILES string of the molecule is C[C@@H](NCC(C)(C)CCC#N)c1cccs1. The average molecular weight is 236 g/mol. The van der Waals surface area contributed by atoms with Crippen LogP contribution in [0.2, 0.25) is 0 Å². The summed E-state index contributed by atoms with van der Waals surface area (Å²) in [4.78, 5) is 1.37. The van der Waals surface area contributed by atoms with Crippen LogP contribution in [-0.4, -0.2) is 6.54 Å². The van der Waals surface area contributed by atoms with Crippen molar-refractivity contribution in [1.29, 1.82) is 5.26 Å². The molecule has 0 aliphatic rings. The number of rotatable bonds is 6. The lowest BCUT2D eigenvalue weighted by Crippen LogP contribution is -2.31. The summed E-state index contributed by atoms with van der Waals surface area (Å²) in [7, 11) is 0. The second kappa shape index (κ2) is 6.03. The van der Waals surface area contributed by atoms with Gasteiger partial charge in [0.2, 0.25) is 0 Å². The fourth-order valence-corrected chi connectivity index (χ4v) is 2.31. The summed E-state index contributed by atoms with van der Waals surface area (Å²) in [5.41, 5.74) is 0.196. The van der Waals surface area contributed by atoms with Crippen molar-refractivity contribution in [2.45, 2.75) is 39.7 Å². The van der Waals surface area contributed by atoms with E-state index in [1.807, 2.05) is 0 Å². The highest BCUT2D eigenvalue weighted by Gasteiger charge is 2.18. The van der Waals surface area contributed by atoms with Gasteiger partial charge in [0.05, 0.1) is 6.07 Å². The van der Waals surface area contributed by atoms with Crippen molar-refractivity contribution in [2.24, 2.45) is 5.41 Å². The van der Waals surface area contributed by atoms with Crippen LogP contribution in [0, 0.1) is 16.7 Å². The molecule has 3 heteroatoms. The van der Waals surface area contributed by atoms with Crippen LogP contribution in [0.5, 0.6) is 0 Å². The van der Waals surface area contributed by atoms with Crippen LogP contribution in [0.25, 0.3) is 0 Å². The van der Waals surface area contributed by atoms with Crippen LogP contribution >= 0.6 is 11.3 Å². The predicted molar refractivity (Wildman–Crippen MR) is 69.4 cm³/mol. The maximum Gasteiger partial charge on any atom is 0.0621 e. The van der Waals surface area contributed by atoms with Crippen LogP contribution in [0.4, 0.5) is 0 Å². The fraction of sp³-hybridized carbons (Fsp3) is 0.615. The molecular formula is C13H20N2S. The minimum atomic E-state index is 0.196. The van der Waals surface area contributed by atoms with Gasteiger partial charge in [0.1, 0.15) is 0 Å². The summed E-state index contributed by atoms with van der Waals surface area (Å²) in [6.45, 7) is 7.55. The third kappa shape index (κ3) is 4.34. The molecule has 0 saturated heterocycles. The Bertz CT molecular complexity index is 335. The van der Waals surface area contributed by atoms with Crippen molar-refractivity contribution < 1.29 is 0 Å². The van der Waals surface area contributed by atoms with E-state index in [1.165, 1.54) is 4.88 Å². The third-order valence-electron chi connectivity index (χ3n) is 2.77. The molecule has 0 fully saturated rings. The quantitative estimate of drug-likeness (QED) is 0.817. The number of hydrogen-bond donors (Lipinski definition) is 1. The molecule has 1 aromatic rings. The Kier molecular flexibility index (Phi) is 4.98. The summed E-state index contributed by atoms with van der Waals surface area (Å²) in [6.07, 6.45) is 1.59. The molecule has 0 saturated carbocycles. The van der Waals surface area contributed by atoms with Gasteiger partial charge >= 0.3 is 0 Å². The molecule has 0 aromatic carbocycles. The van der Waals surface area contributed by atoms with Crippen LogP contribution in [-0.2, 0) is 0 Å². The van der Waals surface area contributed by atoms with E-state index >= 15 is 0 Å². The molecule has 88 valence electrons. The van der Waals surface area contributed by atoms with Crippen molar-refractivity contribution in [1.82, 2.24) is 5.32 Å². The fourth-order valence-electron chi connectivity index (χ4n) is 1.55. The highest BCUT2D eigenvalue weighted by molar-refractivity contribution is 7.10. The molecule has 1 N–H and O–H groups in total. The Morgan fingerprint density at radius 3 is 2.88 bits per heavy atom. The van der Waals surface area contributed by atoms with Crippen molar-refractivity contribution >= 4 is 11.3 Å². The first-order chi connectivity index (χ1) is 7.55. The van der Waals surface area contributed by atoms with Gasteiger partial charge in [-0.1, -0.05) is 19.9 Å². The Morgan fingerprint density at radius 2 is 2.31 bits per heavy atom. The molecule has 1 aromatic heterocycles. The molecular weight excluding hydrogens is 216 g/mol. The molecule has 0 amide bonds. The summed E-state index contributed by atoms with van der Waals surface area (Å²) < 4.78 is 0. The van der Waals surface area contributed by atoms with Gasteiger partial charge in [-0.2, -0.15) is 5.26 Å². The van der Waals surface area contributed by atoms with Gasteiger partial charge in [-0.05, 0) is 30.2 Å². The number of nitriles is 1. The minimum Gasteiger partial charge on any atom is -0.309 e. The Labute approximate surface area is 102 Å². The number of thiophene rings is 1. The lowest BCUT2D eigenvalue weighted by Gasteiger charge is -2.26. The van der Waals surface area contributed by atoms with Gasteiger partial charge in [0.15, 0.2) is 0 Å². The molecule has 0 aliphatic carbocycles. The Balaban J connectivity index is 2.36. The van der Waals surface area contributed by atoms with Gasteiger partial charge in [0.25, 0.3) is 0 Å². The van der Waals surface area contributed by atoms with Crippen LogP contribution in [0.3, 0.4) is 0 Å². The van der Waals surface area contributed by atoms with Crippen molar-refractivity contribution in [2.75, 3.05) is 6.54 Å². The van der Waals surface area contributed by atoms with E-state index in [0.29, 0.717) is 12.5 Å². The van der Waals surface area contributed by atoms with Gasteiger partial charge in [-0.25, -0.2) is 0 Å². The maximum absolute atomic E-state index is 8.59. The van der Waals surface area contributed by atoms with Crippen molar-refractivity contribution in [3.63, 3.8) is 0 Å². The van der Waals surface area contributed by atoms with Crippen LogP contribution in [0.1, 0.15) is 44.5 Å². The van der Waals surface area contributed by atoms with Crippen LogP contribution < -0.4 is 5.32 Å². The van der Waals surface area contributed by atoms with E-state index in [1.54, 1.807) is 11.3 Å². The first-order valence-corrected chi connectivity index (χ1v) is 6.57. The second-order valence-corrected chi connectivity index (χ2v) is 5.92. The molecule has 0 bridgehead atoms. The topological polar surface area (TPSA) is 35.8 Å². The lowest BCUT2D eigenvalue weighted by molar-refractivity contribution is 0.305. The lowest BCUT2D eigenvalue weighted by atomic mass is 9.88. The normalized spacial score (nSPS) is 13.4. The zero-order valence-electron chi connectivity index (χ0n) is 10.3. The van der Waals surface area contributed by atoms with E-state index in [2.05, 4.69) is 49.7 Å². The summed E-state index contributed by atoms with van der Waals surface area (Å²) >= 11 is 1.78. The second-order valence-electron chi connectivity index (χ2n) is 4.94. The van der Waals surface area contributed by atoms with Gasteiger partial charge in [-0.3, -0.25) is 0 Å². The van der Waals surface area contributed by atoms with E-state index in [9.17, 15) is 0 Å². The van der Waals surface area contributed by atoms with Gasteiger partial charge in [0, 0.05) is 23.9 Å². The molecule has 0 radical (unpaired) electrons. The third-order valence-corrected chi connectivity index (χ3v) is 3.83. The Morgan fingerprint density at radius 1 is 1.56 bits per heavy atom. The van der Waals surface area contributed by atoms with E-state index in [4.69, 9.17) is 5.26 Å². The largest absolute Gasteiger partial charge is 0.309 e. The number of nitrogens with one attached hydrogen (secondary N) is 1. The van der Waals surface area contributed by atoms with Crippen molar-refractivity contribution in [3.8, 4) is 6.07 Å². The highest BCUT2D eigenvalue weighted by Crippen LogP contribution is 2.24. The van der Waals surface area contributed by atoms with E-state index in [0.717, 1.165) is 13.0 Å². The summed E-state index contributed by atoms with van der Waals surface area (Å²) in [5, 5.41) is 14.2. The monoisotopic (exact) mass is 236 g/mol. The molecule has 0 aliphatic heterocycles. The standard InChI is InChI=1S/C13H20N2S/c1-11(12-6-4-9-16-12)15-10-13(2,3)7-5-8-14/h4,6,9,11,15H,5,7,10H2,1-3H3/t11-/m1/s1. The Hall–Kier alpha value is -0.850. The summed E-state index contributed by atoms with van der Waals surface area (Å²) in [5.74, 6) is 0. The molecule has 0 spiro atoms. The molecule has 16 heavy (non-hydrogen) atoms. The zero-order chi connectivity index (χ0) is 12.0. The van der Waals surface area contributed by atoms with Gasteiger partial charge in [-0.15, -0.1) is 11.3 Å². The molecule has 2 nitrogen and oxygen atoms in total. The van der Waals surface area contributed by atoms with Crippen molar-refractivity contribution in [3.05, 3.63) is 22.4 Å². The number of nitrogens with zero attached hydrogens (tertiary/aromatic N) is 1. The first-order valence-electron chi connectivity index (χ1n) is 5.69.